The number of rotatable bonds is 7. The summed E-state index contributed by atoms with van der Waals surface area (Å²) in [6.07, 6.45) is 4.97. The number of benzene rings is 1. The van der Waals surface area contributed by atoms with Crippen LogP contribution >= 0.6 is 0 Å². The topological polar surface area (TPSA) is 82.7 Å². The SMILES string of the molecule is O=C(NCCCN1CCOCC1)[C@@H]1CNC[C@H](C(=O)Nc2ccc3c(c2)CCC3)C1. The van der Waals surface area contributed by atoms with E-state index in [4.69, 9.17) is 4.74 Å². The molecule has 30 heavy (non-hydrogen) atoms. The maximum atomic E-state index is 12.8. The number of ether oxygens (including phenoxy) is 1. The first-order chi connectivity index (χ1) is 14.7. The van der Waals surface area contributed by atoms with Crippen LogP contribution in [0.25, 0.3) is 0 Å². The second kappa shape index (κ2) is 10.4. The zero-order valence-corrected chi connectivity index (χ0v) is 17.8. The van der Waals surface area contributed by atoms with Crippen LogP contribution in [-0.2, 0) is 27.2 Å². The van der Waals surface area contributed by atoms with Gasteiger partial charge in [0.25, 0.3) is 0 Å². The third-order valence-electron chi connectivity index (χ3n) is 6.51. The van der Waals surface area contributed by atoms with Crippen molar-refractivity contribution in [2.45, 2.75) is 32.1 Å². The van der Waals surface area contributed by atoms with Crippen LogP contribution in [0.15, 0.2) is 18.2 Å². The van der Waals surface area contributed by atoms with Gasteiger partial charge in [0.1, 0.15) is 0 Å². The fourth-order valence-corrected chi connectivity index (χ4v) is 4.72. The molecule has 0 spiro atoms. The largest absolute Gasteiger partial charge is 0.379 e. The van der Waals surface area contributed by atoms with Gasteiger partial charge in [0.15, 0.2) is 0 Å². The monoisotopic (exact) mass is 414 g/mol. The second-order valence-corrected chi connectivity index (χ2v) is 8.71. The molecule has 164 valence electrons. The molecule has 0 radical (unpaired) electrons. The van der Waals surface area contributed by atoms with Crippen molar-refractivity contribution in [3.05, 3.63) is 29.3 Å². The highest BCUT2D eigenvalue weighted by atomic mass is 16.5. The number of amides is 2. The Morgan fingerprint density at radius 3 is 2.67 bits per heavy atom. The Morgan fingerprint density at radius 2 is 1.83 bits per heavy atom. The summed E-state index contributed by atoms with van der Waals surface area (Å²) in [7, 11) is 0. The molecule has 1 aromatic carbocycles. The van der Waals surface area contributed by atoms with E-state index in [1.54, 1.807) is 0 Å². The molecule has 7 nitrogen and oxygen atoms in total. The van der Waals surface area contributed by atoms with E-state index in [0.717, 1.165) is 57.8 Å². The zero-order chi connectivity index (χ0) is 20.8. The molecule has 1 aliphatic carbocycles. The van der Waals surface area contributed by atoms with Gasteiger partial charge in [0, 0.05) is 38.4 Å². The van der Waals surface area contributed by atoms with Gasteiger partial charge in [-0.3, -0.25) is 14.5 Å². The van der Waals surface area contributed by atoms with E-state index in [9.17, 15) is 9.59 Å². The quantitative estimate of drug-likeness (QED) is 0.584. The molecule has 2 amide bonds. The van der Waals surface area contributed by atoms with Crippen molar-refractivity contribution in [3.8, 4) is 0 Å². The first kappa shape index (κ1) is 21.3. The van der Waals surface area contributed by atoms with Gasteiger partial charge < -0.3 is 20.7 Å². The number of piperidine rings is 1. The average Bonchev–Trinajstić information content (AvgIpc) is 3.25. The first-order valence-electron chi connectivity index (χ1n) is 11.4. The van der Waals surface area contributed by atoms with Crippen LogP contribution in [0.5, 0.6) is 0 Å². The zero-order valence-electron chi connectivity index (χ0n) is 17.8. The van der Waals surface area contributed by atoms with Crippen LogP contribution in [0.4, 0.5) is 5.69 Å². The lowest BCUT2D eigenvalue weighted by Crippen LogP contribution is -2.47. The molecule has 3 N–H and O–H groups in total. The third kappa shape index (κ3) is 5.59. The summed E-state index contributed by atoms with van der Waals surface area (Å²) in [5.74, 6) is -0.279. The van der Waals surface area contributed by atoms with Gasteiger partial charge >= 0.3 is 0 Å². The van der Waals surface area contributed by atoms with Crippen molar-refractivity contribution < 1.29 is 14.3 Å². The Morgan fingerprint density at radius 1 is 1.07 bits per heavy atom. The maximum Gasteiger partial charge on any atom is 0.228 e. The molecule has 0 bridgehead atoms. The predicted molar refractivity (Wildman–Crippen MR) is 116 cm³/mol. The van der Waals surface area contributed by atoms with Gasteiger partial charge in [-0.1, -0.05) is 6.07 Å². The summed E-state index contributed by atoms with van der Waals surface area (Å²) in [6, 6.07) is 6.23. The predicted octanol–water partition coefficient (Wildman–Crippen LogP) is 1.18. The molecule has 2 fully saturated rings. The van der Waals surface area contributed by atoms with Gasteiger partial charge in [-0.2, -0.15) is 0 Å². The van der Waals surface area contributed by atoms with Crippen molar-refractivity contribution in [2.75, 3.05) is 57.8 Å². The van der Waals surface area contributed by atoms with Gasteiger partial charge in [0.2, 0.25) is 11.8 Å². The summed E-state index contributed by atoms with van der Waals surface area (Å²) in [4.78, 5) is 27.7. The fraction of sp³-hybridized carbons (Fsp3) is 0.652. The highest BCUT2D eigenvalue weighted by Crippen LogP contribution is 2.26. The Labute approximate surface area is 178 Å². The van der Waals surface area contributed by atoms with Crippen LogP contribution in [0.3, 0.4) is 0 Å². The van der Waals surface area contributed by atoms with Gasteiger partial charge in [0.05, 0.1) is 25.0 Å². The first-order valence-corrected chi connectivity index (χ1v) is 11.4. The molecule has 0 unspecified atom stereocenters. The molecule has 0 aromatic heterocycles. The second-order valence-electron chi connectivity index (χ2n) is 8.71. The molecule has 2 heterocycles. The molecule has 4 rings (SSSR count). The summed E-state index contributed by atoms with van der Waals surface area (Å²) in [5, 5.41) is 9.40. The number of hydrogen-bond donors (Lipinski definition) is 3. The van der Waals surface area contributed by atoms with Gasteiger partial charge in [-0.05, 0) is 61.9 Å². The van der Waals surface area contributed by atoms with Gasteiger partial charge in [-0.15, -0.1) is 0 Å². The van der Waals surface area contributed by atoms with E-state index in [-0.39, 0.29) is 23.7 Å². The van der Waals surface area contributed by atoms with Crippen LogP contribution in [0, 0.1) is 11.8 Å². The lowest BCUT2D eigenvalue weighted by Gasteiger charge is -2.29. The van der Waals surface area contributed by atoms with Crippen molar-refractivity contribution in [1.82, 2.24) is 15.5 Å². The van der Waals surface area contributed by atoms with Crippen molar-refractivity contribution in [3.63, 3.8) is 0 Å². The fourth-order valence-electron chi connectivity index (χ4n) is 4.72. The number of carbonyl (C=O) groups excluding carboxylic acids is 2. The minimum Gasteiger partial charge on any atom is -0.379 e. The van der Waals surface area contributed by atoms with E-state index in [2.05, 4.69) is 33.0 Å². The minimum absolute atomic E-state index is 0.00487. The molecule has 2 saturated heterocycles. The number of carbonyl (C=O) groups is 2. The Hall–Kier alpha value is -1.96. The van der Waals surface area contributed by atoms with Crippen molar-refractivity contribution in [2.24, 2.45) is 11.8 Å². The highest BCUT2D eigenvalue weighted by molar-refractivity contribution is 5.93. The molecule has 1 aromatic rings. The third-order valence-corrected chi connectivity index (χ3v) is 6.51. The molecule has 3 aliphatic rings. The number of aryl methyl sites for hydroxylation is 2. The summed E-state index contributed by atoms with van der Waals surface area (Å²) in [6.45, 7) is 6.47. The van der Waals surface area contributed by atoms with E-state index in [0.29, 0.717) is 26.1 Å². The Bertz CT molecular complexity index is 748. The lowest BCUT2D eigenvalue weighted by molar-refractivity contribution is -0.127. The number of nitrogens with zero attached hydrogens (tertiary/aromatic N) is 1. The molecular formula is C23H34N4O3. The maximum absolute atomic E-state index is 12.8. The van der Waals surface area contributed by atoms with Crippen molar-refractivity contribution >= 4 is 17.5 Å². The van der Waals surface area contributed by atoms with E-state index >= 15 is 0 Å². The minimum atomic E-state index is -0.184. The van der Waals surface area contributed by atoms with Crippen molar-refractivity contribution in [1.29, 1.82) is 0 Å². The Balaban J connectivity index is 1.20. The van der Waals surface area contributed by atoms with E-state index in [1.165, 1.54) is 17.5 Å². The number of hydrogen-bond acceptors (Lipinski definition) is 5. The van der Waals surface area contributed by atoms with Crippen LogP contribution in [0.2, 0.25) is 0 Å². The van der Waals surface area contributed by atoms with Crippen LogP contribution < -0.4 is 16.0 Å². The standard InChI is InChI=1S/C23H34N4O3/c28-22(25-7-2-8-27-9-11-30-12-10-27)19-13-20(16-24-15-19)23(29)26-21-6-5-17-3-1-4-18(17)14-21/h5-6,14,19-20,24H,1-4,7-13,15-16H2,(H,25,28)(H,26,29)/t19-,20+/m0/s1. The number of anilines is 1. The number of morpholine rings is 1. The van der Waals surface area contributed by atoms with E-state index in [1.807, 2.05) is 6.07 Å². The van der Waals surface area contributed by atoms with Crippen LogP contribution in [0.1, 0.15) is 30.4 Å². The molecule has 2 aliphatic heterocycles. The molecule has 2 atom stereocenters. The average molecular weight is 415 g/mol. The van der Waals surface area contributed by atoms with Gasteiger partial charge in [-0.25, -0.2) is 0 Å². The lowest BCUT2D eigenvalue weighted by atomic mass is 9.89. The highest BCUT2D eigenvalue weighted by Gasteiger charge is 2.31. The van der Waals surface area contributed by atoms with Crippen LogP contribution in [-0.4, -0.2) is 69.2 Å². The smallest absolute Gasteiger partial charge is 0.228 e. The summed E-state index contributed by atoms with van der Waals surface area (Å²) < 4.78 is 5.36. The molecule has 7 heteroatoms. The Kier molecular flexibility index (Phi) is 7.36. The summed E-state index contributed by atoms with van der Waals surface area (Å²) in [5.41, 5.74) is 3.62. The normalized spacial score (nSPS) is 24.3. The summed E-state index contributed by atoms with van der Waals surface area (Å²) >= 11 is 0. The van der Waals surface area contributed by atoms with E-state index < -0.39 is 0 Å². The number of nitrogens with one attached hydrogen (secondary N) is 3. The molecular weight excluding hydrogens is 380 g/mol. The molecule has 0 saturated carbocycles. The number of fused-ring (bicyclic) bond motifs is 1.